The first-order valence-electron chi connectivity index (χ1n) is 7.87. The van der Waals surface area contributed by atoms with Gasteiger partial charge in [0.25, 0.3) is 5.91 Å². The summed E-state index contributed by atoms with van der Waals surface area (Å²) in [5.74, 6) is -1.35. The first-order chi connectivity index (χ1) is 11.9. The van der Waals surface area contributed by atoms with Crippen molar-refractivity contribution in [1.29, 1.82) is 0 Å². The van der Waals surface area contributed by atoms with Crippen LogP contribution in [0, 0.1) is 13.8 Å². The summed E-state index contributed by atoms with van der Waals surface area (Å²) >= 11 is 1.33. The summed E-state index contributed by atoms with van der Waals surface area (Å²) in [5.41, 5.74) is 3.34. The Morgan fingerprint density at radius 1 is 1.12 bits per heavy atom. The first kappa shape index (κ1) is 17.1. The van der Waals surface area contributed by atoms with Crippen LogP contribution in [0.1, 0.15) is 34.5 Å². The molecule has 5 nitrogen and oxygen atoms in total. The fourth-order valence-electron chi connectivity index (χ4n) is 2.61. The lowest BCUT2D eigenvalue weighted by Crippen LogP contribution is -2.25. The maximum absolute atomic E-state index is 12.5. The van der Waals surface area contributed by atoms with E-state index in [0.717, 1.165) is 21.3 Å². The summed E-state index contributed by atoms with van der Waals surface area (Å²) in [5, 5.41) is 9.45. The number of hydrogen-bond donors (Lipinski definition) is 1. The molecule has 2 aromatic carbocycles. The molecule has 25 heavy (non-hydrogen) atoms. The second-order valence-electron chi connectivity index (χ2n) is 5.97. The van der Waals surface area contributed by atoms with Gasteiger partial charge in [-0.2, -0.15) is 4.99 Å². The third-order valence-corrected chi connectivity index (χ3v) is 5.30. The Balaban J connectivity index is 2.22. The molecule has 0 saturated heterocycles. The monoisotopic (exact) mass is 354 g/mol. The van der Waals surface area contributed by atoms with Crippen LogP contribution in [-0.2, 0) is 4.79 Å². The van der Waals surface area contributed by atoms with Crippen LogP contribution in [-0.4, -0.2) is 21.6 Å². The van der Waals surface area contributed by atoms with E-state index in [2.05, 4.69) is 4.99 Å². The average Bonchev–Trinajstić information content (AvgIpc) is 2.94. The Morgan fingerprint density at radius 2 is 1.80 bits per heavy atom. The summed E-state index contributed by atoms with van der Waals surface area (Å²) in [6.07, 6.45) is 0. The van der Waals surface area contributed by atoms with Gasteiger partial charge in [0.2, 0.25) is 0 Å². The molecule has 1 atom stereocenters. The number of nitrogens with zero attached hydrogens (tertiary/aromatic N) is 2. The van der Waals surface area contributed by atoms with Gasteiger partial charge in [-0.15, -0.1) is 0 Å². The van der Waals surface area contributed by atoms with Crippen LogP contribution in [0.2, 0.25) is 0 Å². The minimum Gasteiger partial charge on any atom is -0.480 e. The maximum Gasteiger partial charge on any atom is 0.326 e. The lowest BCUT2D eigenvalue weighted by molar-refractivity contribution is -0.140. The topological polar surface area (TPSA) is 71.7 Å². The maximum atomic E-state index is 12.5. The fourth-order valence-corrected chi connectivity index (χ4v) is 3.78. The lowest BCUT2D eigenvalue weighted by Gasteiger charge is -2.10. The van der Waals surface area contributed by atoms with Crippen molar-refractivity contribution in [3.05, 3.63) is 64.0 Å². The van der Waals surface area contributed by atoms with Crippen molar-refractivity contribution < 1.29 is 14.7 Å². The second-order valence-corrected chi connectivity index (χ2v) is 6.95. The predicted octanol–water partition coefficient (Wildman–Crippen LogP) is 3.71. The summed E-state index contributed by atoms with van der Waals surface area (Å²) in [4.78, 5) is 28.7. The molecule has 0 spiro atoms. The summed E-state index contributed by atoms with van der Waals surface area (Å²) in [6, 6.07) is 12.0. The molecule has 0 saturated carbocycles. The van der Waals surface area contributed by atoms with Crippen molar-refractivity contribution in [3.63, 3.8) is 0 Å². The zero-order valence-electron chi connectivity index (χ0n) is 14.2. The molecule has 0 radical (unpaired) electrons. The van der Waals surface area contributed by atoms with Gasteiger partial charge in [0.1, 0.15) is 6.04 Å². The molecule has 1 aromatic heterocycles. The molecule has 0 aliphatic carbocycles. The Labute approximate surface area is 148 Å². The van der Waals surface area contributed by atoms with Crippen molar-refractivity contribution in [2.75, 3.05) is 0 Å². The summed E-state index contributed by atoms with van der Waals surface area (Å²) < 4.78 is 2.55. The number of carboxylic acids is 1. The fraction of sp³-hybridized carbons (Fsp3) is 0.211. The molecule has 1 amide bonds. The number of thiazole rings is 1. The number of rotatable bonds is 3. The van der Waals surface area contributed by atoms with Gasteiger partial charge in [-0.05, 0) is 44.5 Å². The molecule has 0 bridgehead atoms. The number of amides is 1. The molecule has 0 aliphatic heterocycles. The van der Waals surface area contributed by atoms with Crippen LogP contribution >= 0.6 is 11.3 Å². The molecule has 0 fully saturated rings. The summed E-state index contributed by atoms with van der Waals surface area (Å²) in [6.45, 7) is 5.50. The highest BCUT2D eigenvalue weighted by atomic mass is 32.1. The van der Waals surface area contributed by atoms with E-state index in [1.54, 1.807) is 23.6 Å². The molecule has 3 aromatic rings. The van der Waals surface area contributed by atoms with Crippen molar-refractivity contribution in [2.24, 2.45) is 4.99 Å². The molecule has 128 valence electrons. The van der Waals surface area contributed by atoms with Crippen molar-refractivity contribution in [2.45, 2.75) is 26.8 Å². The highest BCUT2D eigenvalue weighted by Gasteiger charge is 2.19. The van der Waals surface area contributed by atoms with Gasteiger partial charge in [-0.3, -0.25) is 4.79 Å². The molecule has 1 N–H and O–H groups in total. The van der Waals surface area contributed by atoms with E-state index in [0.29, 0.717) is 10.4 Å². The number of aromatic nitrogens is 1. The number of carbonyl (C=O) groups excluding carboxylic acids is 1. The standard InChI is InChI=1S/C19H18N2O3S/c1-11-7-9-14(10-8-11)17(22)20-19-21(13(3)18(23)24)15-6-4-5-12(2)16(15)25-19/h4-10,13H,1-3H3,(H,23,24)/b20-19-. The number of hydrogen-bond acceptors (Lipinski definition) is 3. The van der Waals surface area contributed by atoms with Gasteiger partial charge >= 0.3 is 5.97 Å². The normalized spacial score (nSPS) is 13.2. The number of benzene rings is 2. The Morgan fingerprint density at radius 3 is 2.44 bits per heavy atom. The minimum absolute atomic E-state index is 0.379. The first-order valence-corrected chi connectivity index (χ1v) is 8.69. The van der Waals surface area contributed by atoms with Gasteiger partial charge in [0, 0.05) is 5.56 Å². The molecular weight excluding hydrogens is 336 g/mol. The van der Waals surface area contributed by atoms with E-state index in [9.17, 15) is 14.7 Å². The van der Waals surface area contributed by atoms with Crippen LogP contribution in [0.15, 0.2) is 47.5 Å². The van der Waals surface area contributed by atoms with Gasteiger partial charge in [-0.25, -0.2) is 4.79 Å². The third kappa shape index (κ3) is 3.25. The van der Waals surface area contributed by atoms with Crippen molar-refractivity contribution in [3.8, 4) is 0 Å². The van der Waals surface area contributed by atoms with Gasteiger partial charge in [-0.1, -0.05) is 41.2 Å². The SMILES string of the molecule is Cc1ccc(C(=O)/N=c2\sc3c(C)cccc3n2C(C)C(=O)O)cc1. The van der Waals surface area contributed by atoms with Gasteiger partial charge in [0.05, 0.1) is 10.2 Å². The second kappa shape index (κ2) is 6.64. The van der Waals surface area contributed by atoms with Crippen LogP contribution < -0.4 is 4.80 Å². The van der Waals surface area contributed by atoms with E-state index < -0.39 is 12.0 Å². The number of fused-ring (bicyclic) bond motifs is 1. The molecule has 0 aliphatic rings. The number of carbonyl (C=O) groups is 2. The third-order valence-electron chi connectivity index (χ3n) is 4.09. The van der Waals surface area contributed by atoms with E-state index in [4.69, 9.17) is 0 Å². The number of aliphatic carboxylic acids is 1. The van der Waals surface area contributed by atoms with Gasteiger partial charge in [0.15, 0.2) is 4.80 Å². The predicted molar refractivity (Wildman–Crippen MR) is 98.0 cm³/mol. The van der Waals surface area contributed by atoms with Crippen molar-refractivity contribution in [1.82, 2.24) is 4.57 Å². The van der Waals surface area contributed by atoms with E-state index in [-0.39, 0.29) is 5.91 Å². The largest absolute Gasteiger partial charge is 0.480 e. The van der Waals surface area contributed by atoms with E-state index in [1.165, 1.54) is 11.3 Å². The average molecular weight is 354 g/mol. The number of carboxylic acid groups (broad SMARTS) is 1. The van der Waals surface area contributed by atoms with Crippen LogP contribution in [0.3, 0.4) is 0 Å². The zero-order chi connectivity index (χ0) is 18.1. The molecule has 3 rings (SSSR count). The Hall–Kier alpha value is -2.73. The smallest absolute Gasteiger partial charge is 0.326 e. The lowest BCUT2D eigenvalue weighted by atomic mass is 10.1. The highest BCUT2D eigenvalue weighted by Crippen LogP contribution is 2.24. The van der Waals surface area contributed by atoms with Crippen molar-refractivity contribution >= 4 is 33.4 Å². The highest BCUT2D eigenvalue weighted by molar-refractivity contribution is 7.16. The van der Waals surface area contributed by atoms with Crippen LogP contribution in [0.4, 0.5) is 0 Å². The van der Waals surface area contributed by atoms with E-state index >= 15 is 0 Å². The summed E-state index contributed by atoms with van der Waals surface area (Å²) in [7, 11) is 0. The zero-order valence-corrected chi connectivity index (χ0v) is 15.0. The van der Waals surface area contributed by atoms with Crippen LogP contribution in [0.5, 0.6) is 0 Å². The number of aryl methyl sites for hydroxylation is 2. The molecule has 1 unspecified atom stereocenters. The Bertz CT molecular complexity index is 1030. The minimum atomic E-state index is -0.967. The molecular formula is C19H18N2O3S. The molecule has 1 heterocycles. The quantitative estimate of drug-likeness (QED) is 0.779. The van der Waals surface area contributed by atoms with Gasteiger partial charge < -0.3 is 9.67 Å². The Kier molecular flexibility index (Phi) is 4.55. The molecule has 6 heteroatoms. The van der Waals surface area contributed by atoms with E-state index in [1.807, 2.05) is 44.2 Å². The van der Waals surface area contributed by atoms with Crippen LogP contribution in [0.25, 0.3) is 10.2 Å².